The molecule has 0 saturated heterocycles. The molecule has 0 spiro atoms. The van der Waals surface area contributed by atoms with Gasteiger partial charge in [0.15, 0.2) is 0 Å². The molecule has 4 heteroatoms. The minimum atomic E-state index is -0.861. The molecule has 4 rings (SSSR count). The molecule has 4 nitrogen and oxygen atoms in total. The van der Waals surface area contributed by atoms with Crippen molar-refractivity contribution in [2.45, 2.75) is 37.6 Å². The van der Waals surface area contributed by atoms with Gasteiger partial charge in [-0.1, -0.05) is 12.2 Å². The Kier molecular flexibility index (Phi) is 3.25. The molecule has 2 N–H and O–H groups in total. The number of aliphatic imine (C=N–C) groups is 1. The van der Waals surface area contributed by atoms with E-state index in [2.05, 4.69) is 17.5 Å². The summed E-state index contributed by atoms with van der Waals surface area (Å²) in [5.74, 6) is -0.0846. The Hall–Kier alpha value is -2.10. The minimum Gasteiger partial charge on any atom is -0.478 e. The molecule has 2 aliphatic heterocycles. The Morgan fingerprint density at radius 3 is 3.00 bits per heavy atom. The third-order valence-electron chi connectivity index (χ3n) is 5.12. The largest absolute Gasteiger partial charge is 0.478 e. The monoisotopic (exact) mass is 296 g/mol. The van der Waals surface area contributed by atoms with Gasteiger partial charge in [0, 0.05) is 23.9 Å². The molecule has 0 amide bonds. The van der Waals surface area contributed by atoms with Crippen molar-refractivity contribution in [3.05, 3.63) is 41.5 Å². The van der Waals surface area contributed by atoms with E-state index < -0.39 is 5.97 Å². The van der Waals surface area contributed by atoms with Crippen LogP contribution in [0.25, 0.3) is 0 Å². The molecule has 0 fully saturated rings. The van der Waals surface area contributed by atoms with Crippen LogP contribution in [0.15, 0.2) is 35.3 Å². The zero-order valence-corrected chi connectivity index (χ0v) is 12.5. The number of aromatic carboxylic acids is 1. The third-order valence-corrected chi connectivity index (χ3v) is 5.12. The fraction of sp³-hybridized carbons (Fsp3) is 0.444. The molecule has 0 aromatic heterocycles. The first-order valence-electron chi connectivity index (χ1n) is 8.08. The number of anilines is 1. The highest BCUT2D eigenvalue weighted by Crippen LogP contribution is 2.45. The van der Waals surface area contributed by atoms with Crippen molar-refractivity contribution in [3.63, 3.8) is 0 Å². The lowest BCUT2D eigenvalue weighted by molar-refractivity contribution is 0.0696. The van der Waals surface area contributed by atoms with Crippen molar-refractivity contribution in [2.75, 3.05) is 11.9 Å². The Balaban J connectivity index is 1.74. The molecule has 1 aromatic rings. The first kappa shape index (κ1) is 13.6. The Morgan fingerprint density at radius 1 is 1.32 bits per heavy atom. The summed E-state index contributed by atoms with van der Waals surface area (Å²) in [4.78, 5) is 16.0. The van der Waals surface area contributed by atoms with Crippen LogP contribution in [0.4, 0.5) is 5.69 Å². The topological polar surface area (TPSA) is 61.7 Å². The maximum absolute atomic E-state index is 11.2. The molecule has 1 aliphatic carbocycles. The number of carboxylic acid groups (broad SMARTS) is 1. The fourth-order valence-corrected chi connectivity index (χ4v) is 4.03. The van der Waals surface area contributed by atoms with Crippen LogP contribution in [0, 0.1) is 5.92 Å². The highest BCUT2D eigenvalue weighted by Gasteiger charge is 2.39. The second kappa shape index (κ2) is 5.27. The van der Waals surface area contributed by atoms with Gasteiger partial charge in [-0.15, -0.1) is 0 Å². The number of carbonyl (C=O) groups is 1. The molecule has 3 aliphatic rings. The Morgan fingerprint density at radius 2 is 2.23 bits per heavy atom. The van der Waals surface area contributed by atoms with Crippen LogP contribution in [0.2, 0.25) is 0 Å². The number of nitrogens with zero attached hydrogens (tertiary/aromatic N) is 1. The van der Waals surface area contributed by atoms with Crippen LogP contribution in [0.1, 0.15) is 47.5 Å². The van der Waals surface area contributed by atoms with Crippen LogP contribution in [0.5, 0.6) is 0 Å². The molecule has 114 valence electrons. The van der Waals surface area contributed by atoms with Crippen LogP contribution >= 0.6 is 0 Å². The zero-order valence-electron chi connectivity index (χ0n) is 12.5. The summed E-state index contributed by atoms with van der Waals surface area (Å²) in [5, 5.41) is 12.9. The number of benzene rings is 1. The number of hydrogen-bond donors (Lipinski definition) is 2. The first-order valence-corrected chi connectivity index (χ1v) is 8.08. The predicted molar refractivity (Wildman–Crippen MR) is 87.0 cm³/mol. The van der Waals surface area contributed by atoms with E-state index in [1.807, 2.05) is 12.1 Å². The fourth-order valence-electron chi connectivity index (χ4n) is 4.03. The molecule has 22 heavy (non-hydrogen) atoms. The van der Waals surface area contributed by atoms with Crippen molar-refractivity contribution in [1.29, 1.82) is 0 Å². The SMILES string of the molecule is O=C(O)c1ccc2c(c1)[C@@H]1C=CC[C@@H]1[C@H](C1=NCCCC1)N2. The van der Waals surface area contributed by atoms with Gasteiger partial charge in [0.1, 0.15) is 0 Å². The summed E-state index contributed by atoms with van der Waals surface area (Å²) in [6.45, 7) is 0.948. The average Bonchev–Trinajstić information content (AvgIpc) is 3.04. The summed E-state index contributed by atoms with van der Waals surface area (Å²) in [6.07, 6.45) is 9.03. The number of fused-ring (bicyclic) bond motifs is 3. The van der Waals surface area contributed by atoms with E-state index in [4.69, 9.17) is 4.99 Å². The van der Waals surface area contributed by atoms with Gasteiger partial charge in [0.2, 0.25) is 0 Å². The molecule has 0 unspecified atom stereocenters. The summed E-state index contributed by atoms with van der Waals surface area (Å²) in [5.41, 5.74) is 3.85. The minimum absolute atomic E-state index is 0.295. The predicted octanol–water partition coefficient (Wildman–Crippen LogP) is 3.46. The lowest BCUT2D eigenvalue weighted by Crippen LogP contribution is -2.42. The quantitative estimate of drug-likeness (QED) is 0.822. The number of allylic oxidation sites excluding steroid dienone is 2. The Bertz CT molecular complexity index is 678. The maximum Gasteiger partial charge on any atom is 0.335 e. The number of hydrogen-bond acceptors (Lipinski definition) is 3. The van der Waals surface area contributed by atoms with Gasteiger partial charge in [0.25, 0.3) is 0 Å². The molecule has 0 bridgehead atoms. The van der Waals surface area contributed by atoms with Gasteiger partial charge in [-0.3, -0.25) is 4.99 Å². The number of nitrogens with one attached hydrogen (secondary N) is 1. The van der Waals surface area contributed by atoms with Gasteiger partial charge in [-0.2, -0.15) is 0 Å². The van der Waals surface area contributed by atoms with Crippen LogP contribution in [0.3, 0.4) is 0 Å². The maximum atomic E-state index is 11.2. The van der Waals surface area contributed by atoms with Crippen molar-refractivity contribution in [1.82, 2.24) is 0 Å². The zero-order chi connectivity index (χ0) is 15.1. The van der Waals surface area contributed by atoms with Gasteiger partial charge in [-0.25, -0.2) is 4.79 Å². The summed E-state index contributed by atoms with van der Waals surface area (Å²) in [6, 6.07) is 5.73. The first-order chi connectivity index (χ1) is 10.7. The van der Waals surface area contributed by atoms with E-state index in [0.717, 1.165) is 30.6 Å². The Labute approximate surface area is 130 Å². The second-order valence-electron chi connectivity index (χ2n) is 6.41. The van der Waals surface area contributed by atoms with E-state index in [0.29, 0.717) is 23.4 Å². The normalized spacial score (nSPS) is 29.3. The molecule has 3 atom stereocenters. The van der Waals surface area contributed by atoms with E-state index in [9.17, 15) is 9.90 Å². The molecule has 0 radical (unpaired) electrons. The smallest absolute Gasteiger partial charge is 0.335 e. The summed E-state index contributed by atoms with van der Waals surface area (Å²) < 4.78 is 0. The number of carboxylic acids is 1. The van der Waals surface area contributed by atoms with E-state index in [1.54, 1.807) is 6.07 Å². The summed E-state index contributed by atoms with van der Waals surface area (Å²) >= 11 is 0. The standard InChI is InChI=1S/C18H20N2O2/c21-18(22)11-7-8-15-14(10-11)12-4-3-5-13(12)17(20-15)16-6-1-2-9-19-16/h3-4,7-8,10,12-13,17,20H,1-2,5-6,9H2,(H,21,22)/t12-,13+,17-/m1/s1. The molecular weight excluding hydrogens is 276 g/mol. The summed E-state index contributed by atoms with van der Waals surface area (Å²) in [7, 11) is 0. The highest BCUT2D eigenvalue weighted by molar-refractivity contribution is 5.94. The second-order valence-corrected chi connectivity index (χ2v) is 6.41. The van der Waals surface area contributed by atoms with Crippen LogP contribution in [-0.4, -0.2) is 29.4 Å². The van der Waals surface area contributed by atoms with E-state index in [1.165, 1.54) is 18.6 Å². The highest BCUT2D eigenvalue weighted by atomic mass is 16.4. The third kappa shape index (κ3) is 2.14. The molecular formula is C18H20N2O2. The molecule has 0 saturated carbocycles. The van der Waals surface area contributed by atoms with Crippen molar-refractivity contribution >= 4 is 17.4 Å². The molecule has 2 heterocycles. The van der Waals surface area contributed by atoms with Crippen molar-refractivity contribution in [3.8, 4) is 0 Å². The van der Waals surface area contributed by atoms with Gasteiger partial charge >= 0.3 is 5.97 Å². The van der Waals surface area contributed by atoms with Crippen molar-refractivity contribution in [2.24, 2.45) is 10.9 Å². The lowest BCUT2D eigenvalue weighted by Gasteiger charge is -2.38. The van der Waals surface area contributed by atoms with Gasteiger partial charge < -0.3 is 10.4 Å². The van der Waals surface area contributed by atoms with Gasteiger partial charge in [-0.05, 0) is 55.4 Å². The van der Waals surface area contributed by atoms with Crippen molar-refractivity contribution < 1.29 is 9.90 Å². The van der Waals surface area contributed by atoms with Crippen LogP contribution in [-0.2, 0) is 0 Å². The van der Waals surface area contributed by atoms with E-state index >= 15 is 0 Å². The van der Waals surface area contributed by atoms with E-state index in [-0.39, 0.29) is 0 Å². The molecule has 1 aromatic carbocycles. The van der Waals surface area contributed by atoms with Gasteiger partial charge in [0.05, 0.1) is 11.6 Å². The lowest BCUT2D eigenvalue weighted by atomic mass is 9.76. The average molecular weight is 296 g/mol. The van der Waals surface area contributed by atoms with Crippen LogP contribution < -0.4 is 5.32 Å². The number of rotatable bonds is 2.